The van der Waals surface area contributed by atoms with E-state index in [4.69, 9.17) is 9.47 Å². The van der Waals surface area contributed by atoms with E-state index >= 15 is 0 Å². The maximum atomic E-state index is 10.3. The number of phenols is 1. The van der Waals surface area contributed by atoms with E-state index in [1.54, 1.807) is 28.4 Å². The molecule has 4 unspecified atom stereocenters. The molecule has 0 amide bonds. The summed E-state index contributed by atoms with van der Waals surface area (Å²) < 4.78 is 15.2. The highest BCUT2D eigenvalue weighted by molar-refractivity contribution is 5.48. The number of nitrogens with zero attached hydrogens (tertiary/aromatic N) is 1. The lowest BCUT2D eigenvalue weighted by atomic mass is 9.72. The van der Waals surface area contributed by atoms with Crippen LogP contribution < -0.4 is 14.8 Å². The highest BCUT2D eigenvalue weighted by Crippen LogP contribution is 2.46. The number of ether oxygens (including phenoxy) is 3. The van der Waals surface area contributed by atoms with Crippen LogP contribution in [0.2, 0.25) is 0 Å². The average molecular weight is 483 g/mol. The second kappa shape index (κ2) is 11.6. The molecule has 0 bridgehead atoms. The van der Waals surface area contributed by atoms with Crippen LogP contribution >= 0.6 is 0 Å². The molecule has 0 aromatic heterocycles. The SMILES string of the molecule is CCC1CN2CCc3cc(OC)ccc3C2CC1CC1NCCc2cc(O)c(OC)cc21.COC. The lowest BCUT2D eigenvalue weighted by molar-refractivity contribution is 0.0436. The molecule has 3 aliphatic heterocycles. The lowest BCUT2D eigenvalue weighted by Gasteiger charge is -2.48. The first-order valence-electron chi connectivity index (χ1n) is 13.0. The summed E-state index contributed by atoms with van der Waals surface area (Å²) in [5.74, 6) is 3.18. The Hall–Kier alpha value is -2.28. The fourth-order valence-electron chi connectivity index (χ4n) is 6.38. The van der Waals surface area contributed by atoms with E-state index in [1.165, 1.54) is 41.6 Å². The summed E-state index contributed by atoms with van der Waals surface area (Å²) in [6.07, 6.45) is 5.64. The van der Waals surface area contributed by atoms with Gasteiger partial charge >= 0.3 is 0 Å². The van der Waals surface area contributed by atoms with Gasteiger partial charge < -0.3 is 24.6 Å². The van der Waals surface area contributed by atoms with Gasteiger partial charge in [-0.3, -0.25) is 4.90 Å². The summed E-state index contributed by atoms with van der Waals surface area (Å²) in [7, 11) is 6.63. The highest BCUT2D eigenvalue weighted by atomic mass is 16.5. The van der Waals surface area contributed by atoms with Gasteiger partial charge in [-0.2, -0.15) is 0 Å². The van der Waals surface area contributed by atoms with Crippen LogP contribution in [0.1, 0.15) is 60.5 Å². The van der Waals surface area contributed by atoms with Crippen molar-refractivity contribution in [1.29, 1.82) is 0 Å². The van der Waals surface area contributed by atoms with Gasteiger partial charge in [-0.15, -0.1) is 0 Å². The zero-order chi connectivity index (χ0) is 24.9. The summed E-state index contributed by atoms with van der Waals surface area (Å²) in [6.45, 7) is 5.65. The van der Waals surface area contributed by atoms with Gasteiger partial charge in [-0.1, -0.05) is 19.4 Å². The number of rotatable bonds is 5. The minimum absolute atomic E-state index is 0.251. The van der Waals surface area contributed by atoms with Crippen LogP contribution in [0.25, 0.3) is 0 Å². The molecule has 4 atom stereocenters. The van der Waals surface area contributed by atoms with E-state index in [0.29, 0.717) is 23.8 Å². The Labute approximate surface area is 210 Å². The van der Waals surface area contributed by atoms with E-state index in [9.17, 15) is 5.11 Å². The molecule has 2 N–H and O–H groups in total. The number of methoxy groups -OCH3 is 3. The molecule has 192 valence electrons. The van der Waals surface area contributed by atoms with E-state index in [0.717, 1.165) is 44.0 Å². The molecule has 3 aliphatic rings. The second-order valence-corrected chi connectivity index (χ2v) is 10.1. The number of hydrogen-bond acceptors (Lipinski definition) is 6. The molecule has 0 saturated carbocycles. The van der Waals surface area contributed by atoms with Crippen molar-refractivity contribution in [3.8, 4) is 17.2 Å². The third-order valence-corrected chi connectivity index (χ3v) is 8.14. The van der Waals surface area contributed by atoms with Gasteiger partial charge in [0.1, 0.15) is 5.75 Å². The minimum Gasteiger partial charge on any atom is -0.504 e. The Morgan fingerprint density at radius 2 is 1.74 bits per heavy atom. The van der Waals surface area contributed by atoms with Crippen molar-refractivity contribution >= 4 is 0 Å². The van der Waals surface area contributed by atoms with Gasteiger partial charge in [0, 0.05) is 39.4 Å². The number of aromatic hydroxyl groups is 1. The van der Waals surface area contributed by atoms with Crippen LogP contribution in [0, 0.1) is 11.8 Å². The first-order valence-corrected chi connectivity index (χ1v) is 13.0. The zero-order valence-corrected chi connectivity index (χ0v) is 22.0. The van der Waals surface area contributed by atoms with Gasteiger partial charge in [0.25, 0.3) is 0 Å². The Kier molecular flexibility index (Phi) is 8.58. The summed E-state index contributed by atoms with van der Waals surface area (Å²) >= 11 is 0. The molecule has 6 nitrogen and oxygen atoms in total. The third-order valence-electron chi connectivity index (χ3n) is 8.14. The predicted octanol–water partition coefficient (Wildman–Crippen LogP) is 4.89. The lowest BCUT2D eigenvalue weighted by Crippen LogP contribution is -2.46. The molecule has 3 heterocycles. The molecule has 1 fully saturated rings. The summed E-state index contributed by atoms with van der Waals surface area (Å²) in [5, 5.41) is 14.0. The second-order valence-electron chi connectivity index (χ2n) is 10.1. The standard InChI is InChI=1S/C27H36N2O3.C2H6O/c1-4-17-16-29-10-8-19-11-21(31-2)5-6-22(19)25(29)13-20(17)12-24-23-15-27(32-3)26(30)14-18(23)7-9-28-24;1-3-2/h5-6,11,14-15,17,20,24-25,28,30H,4,7-10,12-13,16H2,1-3H3;1-2H3. The Balaban J connectivity index is 0.000000917. The van der Waals surface area contributed by atoms with Crippen molar-refractivity contribution in [3.05, 3.63) is 52.6 Å². The first-order chi connectivity index (χ1) is 17.0. The number of hydrogen-bond donors (Lipinski definition) is 2. The quantitative estimate of drug-likeness (QED) is 0.632. The fraction of sp³-hybridized carbons (Fsp3) is 0.586. The molecule has 35 heavy (non-hydrogen) atoms. The normalized spacial score (nSPS) is 25.4. The van der Waals surface area contributed by atoms with Crippen LogP contribution in [0.3, 0.4) is 0 Å². The van der Waals surface area contributed by atoms with Gasteiger partial charge in [0.05, 0.1) is 14.2 Å². The molecule has 6 heteroatoms. The maximum absolute atomic E-state index is 10.3. The molecule has 2 aromatic rings. The van der Waals surface area contributed by atoms with E-state index in [-0.39, 0.29) is 5.75 Å². The van der Waals surface area contributed by atoms with Crippen LogP contribution in [0.5, 0.6) is 17.2 Å². The van der Waals surface area contributed by atoms with Crippen LogP contribution in [-0.4, -0.2) is 58.1 Å². The molecule has 5 rings (SSSR count). The largest absolute Gasteiger partial charge is 0.504 e. The first kappa shape index (κ1) is 25.8. The average Bonchev–Trinajstić information content (AvgIpc) is 2.88. The molecule has 0 spiro atoms. The van der Waals surface area contributed by atoms with Crippen molar-refractivity contribution in [2.75, 3.05) is 48.1 Å². The smallest absolute Gasteiger partial charge is 0.160 e. The highest BCUT2D eigenvalue weighted by Gasteiger charge is 2.39. The van der Waals surface area contributed by atoms with Crippen molar-refractivity contribution in [2.24, 2.45) is 11.8 Å². The van der Waals surface area contributed by atoms with E-state index < -0.39 is 0 Å². The van der Waals surface area contributed by atoms with Gasteiger partial charge in [0.2, 0.25) is 0 Å². The summed E-state index contributed by atoms with van der Waals surface area (Å²) in [6, 6.07) is 11.5. The minimum atomic E-state index is 0.251. The molecular weight excluding hydrogens is 440 g/mol. The van der Waals surface area contributed by atoms with Crippen molar-refractivity contribution in [3.63, 3.8) is 0 Å². The third kappa shape index (κ3) is 5.45. The van der Waals surface area contributed by atoms with Crippen LogP contribution in [0.4, 0.5) is 0 Å². The predicted molar refractivity (Wildman–Crippen MR) is 140 cm³/mol. The van der Waals surface area contributed by atoms with Crippen molar-refractivity contribution in [2.45, 2.75) is 51.1 Å². The Bertz CT molecular complexity index is 995. The van der Waals surface area contributed by atoms with Crippen LogP contribution in [0.15, 0.2) is 30.3 Å². The van der Waals surface area contributed by atoms with Crippen molar-refractivity contribution < 1.29 is 19.3 Å². The number of fused-ring (bicyclic) bond motifs is 4. The maximum Gasteiger partial charge on any atom is 0.160 e. The summed E-state index contributed by atoms with van der Waals surface area (Å²) in [4.78, 5) is 2.72. The van der Waals surface area contributed by atoms with Crippen LogP contribution in [-0.2, 0) is 17.6 Å². The zero-order valence-electron chi connectivity index (χ0n) is 22.0. The number of benzene rings is 2. The Morgan fingerprint density at radius 1 is 0.971 bits per heavy atom. The topological polar surface area (TPSA) is 63.2 Å². The molecular formula is C29H42N2O4. The molecule has 0 aliphatic carbocycles. The molecule has 0 radical (unpaired) electrons. The van der Waals surface area contributed by atoms with E-state index in [2.05, 4.69) is 46.1 Å². The number of phenolic OH excluding ortho intramolecular Hbond substituents is 1. The van der Waals surface area contributed by atoms with E-state index in [1.807, 2.05) is 6.07 Å². The number of nitrogens with one attached hydrogen (secondary N) is 1. The van der Waals surface area contributed by atoms with Gasteiger partial charge in [-0.25, -0.2) is 0 Å². The Morgan fingerprint density at radius 3 is 2.46 bits per heavy atom. The van der Waals surface area contributed by atoms with Gasteiger partial charge in [0.15, 0.2) is 11.5 Å². The fourth-order valence-corrected chi connectivity index (χ4v) is 6.38. The number of piperidine rings is 1. The van der Waals surface area contributed by atoms with Crippen molar-refractivity contribution in [1.82, 2.24) is 10.2 Å². The summed E-state index contributed by atoms with van der Waals surface area (Å²) in [5.41, 5.74) is 5.52. The molecule has 1 saturated heterocycles. The molecule has 2 aromatic carbocycles. The monoisotopic (exact) mass is 482 g/mol. The van der Waals surface area contributed by atoms with Gasteiger partial charge in [-0.05, 0) is 90.6 Å².